The number of allylic oxidation sites excluding steroid dienone is 2. The molecule has 0 bridgehead atoms. The van der Waals surface area contributed by atoms with Crippen LogP contribution in [0.5, 0.6) is 0 Å². The summed E-state index contributed by atoms with van der Waals surface area (Å²) in [7, 11) is 0. The summed E-state index contributed by atoms with van der Waals surface area (Å²) in [5, 5.41) is 0. The molecule has 2 aromatic rings. The molecular formula is C25H28Zr. The summed E-state index contributed by atoms with van der Waals surface area (Å²) in [4.78, 5) is 0. The summed E-state index contributed by atoms with van der Waals surface area (Å²) < 4.78 is 4.65. The van der Waals surface area contributed by atoms with Crippen LogP contribution in [0.3, 0.4) is 0 Å². The van der Waals surface area contributed by atoms with E-state index in [0.29, 0.717) is 0 Å². The fourth-order valence-electron chi connectivity index (χ4n) is 5.91. The molecule has 0 spiro atoms. The van der Waals surface area contributed by atoms with E-state index in [1.807, 2.05) is 0 Å². The van der Waals surface area contributed by atoms with Crippen molar-refractivity contribution in [2.45, 2.75) is 49.6 Å². The van der Waals surface area contributed by atoms with Gasteiger partial charge in [0.2, 0.25) is 0 Å². The zero-order chi connectivity index (χ0) is 18.1. The van der Waals surface area contributed by atoms with Crippen LogP contribution in [-0.4, -0.2) is 0 Å². The molecule has 1 saturated heterocycles. The molecule has 0 radical (unpaired) electrons. The van der Waals surface area contributed by atoms with E-state index in [0.717, 1.165) is 7.25 Å². The summed E-state index contributed by atoms with van der Waals surface area (Å²) in [6.45, 7) is 9.24. The zero-order valence-corrected chi connectivity index (χ0v) is 18.9. The van der Waals surface area contributed by atoms with Gasteiger partial charge in [0, 0.05) is 0 Å². The summed E-state index contributed by atoms with van der Waals surface area (Å²) in [6.07, 6.45) is 11.6. The second-order valence-corrected chi connectivity index (χ2v) is 20.4. The third kappa shape index (κ3) is 2.16. The first-order valence-electron chi connectivity index (χ1n) is 10.1. The van der Waals surface area contributed by atoms with E-state index < -0.39 is 20.3 Å². The first-order chi connectivity index (χ1) is 12.5. The van der Waals surface area contributed by atoms with Gasteiger partial charge in [0.05, 0.1) is 0 Å². The van der Waals surface area contributed by atoms with Crippen molar-refractivity contribution in [2.75, 3.05) is 0 Å². The molecule has 1 aliphatic heterocycles. The second kappa shape index (κ2) is 5.90. The Labute approximate surface area is 162 Å². The van der Waals surface area contributed by atoms with E-state index in [2.05, 4.69) is 76.3 Å². The Morgan fingerprint density at radius 1 is 0.654 bits per heavy atom. The molecule has 1 heterocycles. The van der Waals surface area contributed by atoms with E-state index in [9.17, 15) is 0 Å². The molecule has 132 valence electrons. The predicted octanol–water partition coefficient (Wildman–Crippen LogP) is 7.15. The van der Waals surface area contributed by atoms with Crippen LogP contribution in [0, 0.1) is 27.7 Å². The standard InChI is InChI=1S/2C11H11.C3H6.Zr/c2*1-8-6-7-9(2)11-5-3-4-10(8)11;1-3-2;/h2*3-7H,1-2H3;1-3H2;. The van der Waals surface area contributed by atoms with Crippen molar-refractivity contribution in [2.24, 2.45) is 0 Å². The van der Waals surface area contributed by atoms with Crippen LogP contribution in [0.2, 0.25) is 8.26 Å². The van der Waals surface area contributed by atoms with Crippen molar-refractivity contribution >= 4 is 12.2 Å². The van der Waals surface area contributed by atoms with Gasteiger partial charge in [-0.25, -0.2) is 0 Å². The Hall–Kier alpha value is -1.20. The molecule has 2 aliphatic carbocycles. The van der Waals surface area contributed by atoms with Crippen molar-refractivity contribution < 1.29 is 20.3 Å². The third-order valence-corrected chi connectivity index (χ3v) is 22.3. The molecule has 5 rings (SSSR count). The van der Waals surface area contributed by atoms with Crippen LogP contribution in [0.15, 0.2) is 36.4 Å². The normalized spacial score (nSPS) is 24.5. The van der Waals surface area contributed by atoms with Gasteiger partial charge in [-0.3, -0.25) is 0 Å². The van der Waals surface area contributed by atoms with E-state index in [1.165, 1.54) is 28.7 Å². The van der Waals surface area contributed by atoms with Gasteiger partial charge in [0.25, 0.3) is 0 Å². The summed E-state index contributed by atoms with van der Waals surface area (Å²) in [6, 6.07) is 9.34. The number of benzene rings is 2. The molecule has 0 amide bonds. The number of rotatable bonds is 2. The van der Waals surface area contributed by atoms with Crippen molar-refractivity contribution in [3.63, 3.8) is 0 Å². The third-order valence-electron chi connectivity index (χ3n) is 7.50. The Kier molecular flexibility index (Phi) is 3.84. The Balaban J connectivity index is 1.66. The van der Waals surface area contributed by atoms with Gasteiger partial charge in [-0.2, -0.15) is 0 Å². The molecule has 1 heteroatoms. The van der Waals surface area contributed by atoms with Crippen LogP contribution >= 0.6 is 0 Å². The van der Waals surface area contributed by atoms with E-state index in [-0.39, 0.29) is 0 Å². The van der Waals surface area contributed by atoms with E-state index in [1.54, 1.807) is 30.5 Å². The maximum atomic E-state index is 2.62. The molecule has 2 atom stereocenters. The molecular weight excluding hydrogens is 391 g/mol. The van der Waals surface area contributed by atoms with Crippen molar-refractivity contribution in [1.29, 1.82) is 0 Å². The molecule has 0 nitrogen and oxygen atoms in total. The number of aryl methyl sites for hydroxylation is 4. The van der Waals surface area contributed by atoms with Crippen molar-refractivity contribution in [3.05, 3.63) is 80.9 Å². The molecule has 2 aromatic carbocycles. The molecule has 3 aliphatic rings. The van der Waals surface area contributed by atoms with Crippen LogP contribution < -0.4 is 0 Å². The van der Waals surface area contributed by atoms with E-state index in [4.69, 9.17) is 0 Å². The molecule has 1 fully saturated rings. The molecule has 2 unspecified atom stereocenters. The second-order valence-electron chi connectivity index (χ2n) is 8.81. The maximum absolute atomic E-state index is 2.62. The van der Waals surface area contributed by atoms with Crippen LogP contribution in [0.4, 0.5) is 0 Å². The van der Waals surface area contributed by atoms with Crippen LogP contribution in [0.25, 0.3) is 12.2 Å². The summed E-state index contributed by atoms with van der Waals surface area (Å²) >= 11 is -2.39. The van der Waals surface area contributed by atoms with Gasteiger partial charge in [-0.05, 0) is 0 Å². The van der Waals surface area contributed by atoms with Gasteiger partial charge in [-0.15, -0.1) is 0 Å². The van der Waals surface area contributed by atoms with Gasteiger partial charge >= 0.3 is 163 Å². The minimum atomic E-state index is -2.39. The number of hydrogen-bond donors (Lipinski definition) is 0. The van der Waals surface area contributed by atoms with Gasteiger partial charge in [0.1, 0.15) is 0 Å². The first kappa shape index (κ1) is 16.9. The van der Waals surface area contributed by atoms with Gasteiger partial charge < -0.3 is 0 Å². The molecule has 0 saturated carbocycles. The molecule has 26 heavy (non-hydrogen) atoms. The number of hydrogen-bond acceptors (Lipinski definition) is 0. The Bertz CT molecular complexity index is 897. The predicted molar refractivity (Wildman–Crippen MR) is 110 cm³/mol. The van der Waals surface area contributed by atoms with Crippen molar-refractivity contribution in [3.8, 4) is 0 Å². The average molecular weight is 420 g/mol. The first-order valence-corrected chi connectivity index (χ1v) is 16.4. The van der Waals surface area contributed by atoms with E-state index >= 15 is 0 Å². The molecule has 0 aromatic heterocycles. The monoisotopic (exact) mass is 418 g/mol. The molecule has 0 N–H and O–H groups in total. The minimum absolute atomic E-state index is 0.772. The quantitative estimate of drug-likeness (QED) is 0.485. The topological polar surface area (TPSA) is 0 Å². The zero-order valence-electron chi connectivity index (χ0n) is 16.4. The fourth-order valence-corrected chi connectivity index (χ4v) is 19.9. The fraction of sp³-hybridized carbons (Fsp3) is 0.360. The van der Waals surface area contributed by atoms with Crippen molar-refractivity contribution in [1.82, 2.24) is 0 Å². The van der Waals surface area contributed by atoms with Gasteiger partial charge in [0.15, 0.2) is 0 Å². The van der Waals surface area contributed by atoms with Crippen LogP contribution in [-0.2, 0) is 20.3 Å². The SMILES string of the molecule is Cc1ccc(C)c2c1C=C[CH]2[Zr]1([CH]2C=Cc3c(C)ccc(C)c32)[CH2]C[CH2]1. The Morgan fingerprint density at radius 2 is 1.08 bits per heavy atom. The Morgan fingerprint density at radius 3 is 1.46 bits per heavy atom. The summed E-state index contributed by atoms with van der Waals surface area (Å²) in [5.41, 5.74) is 12.4. The summed E-state index contributed by atoms with van der Waals surface area (Å²) in [5.74, 6) is 0. The van der Waals surface area contributed by atoms with Crippen LogP contribution in [0.1, 0.15) is 58.2 Å². The average Bonchev–Trinajstić information content (AvgIpc) is 3.21. The number of fused-ring (bicyclic) bond motifs is 2. The van der Waals surface area contributed by atoms with Gasteiger partial charge in [-0.1, -0.05) is 0 Å².